The number of hydrogen-bond donors (Lipinski definition) is 0. The Morgan fingerprint density at radius 2 is 1.52 bits per heavy atom. The van der Waals surface area contributed by atoms with E-state index >= 15 is 0 Å². The number of fused-ring (bicyclic) bond motifs is 2. The van der Waals surface area contributed by atoms with E-state index in [-0.39, 0.29) is 23.9 Å². The average molecular weight is 384 g/mol. The van der Waals surface area contributed by atoms with Gasteiger partial charge in [0.25, 0.3) is 0 Å². The van der Waals surface area contributed by atoms with E-state index in [1.807, 2.05) is 53.4 Å². The lowest BCUT2D eigenvalue weighted by atomic mass is 9.80. The Kier molecular flexibility index (Phi) is 4.55. The summed E-state index contributed by atoms with van der Waals surface area (Å²) in [5.74, 6) is -0.156. The van der Waals surface area contributed by atoms with E-state index in [0.717, 1.165) is 31.2 Å². The highest BCUT2D eigenvalue weighted by atomic mass is 16.2. The number of urea groups is 1. The molecule has 2 aliphatic rings. The molecule has 0 aromatic heterocycles. The molecule has 1 saturated heterocycles. The number of hydrogen-bond acceptors (Lipinski definition) is 2. The Labute approximate surface area is 170 Å². The molecule has 1 aliphatic heterocycles. The zero-order chi connectivity index (χ0) is 19.8. The number of anilines is 1. The quantitative estimate of drug-likeness (QED) is 0.609. The Balaban J connectivity index is 1.56. The van der Waals surface area contributed by atoms with E-state index in [0.29, 0.717) is 12.2 Å². The fraction of sp³-hybridized carbons (Fsp3) is 0.280. The summed E-state index contributed by atoms with van der Waals surface area (Å²) in [5.41, 5.74) is 1.79. The van der Waals surface area contributed by atoms with Gasteiger partial charge < -0.3 is 4.90 Å². The summed E-state index contributed by atoms with van der Waals surface area (Å²) in [6, 6.07) is 23.6. The van der Waals surface area contributed by atoms with Gasteiger partial charge in [-0.05, 0) is 41.3 Å². The average Bonchev–Trinajstić information content (AvgIpc) is 2.77. The van der Waals surface area contributed by atoms with Gasteiger partial charge in [0, 0.05) is 12.6 Å². The summed E-state index contributed by atoms with van der Waals surface area (Å²) in [6.45, 7) is 0.526. The first kappa shape index (κ1) is 17.9. The summed E-state index contributed by atoms with van der Waals surface area (Å²) in [5, 5.41) is 2.34. The van der Waals surface area contributed by atoms with Gasteiger partial charge in [-0.25, -0.2) is 9.69 Å². The monoisotopic (exact) mass is 384 g/mol. The van der Waals surface area contributed by atoms with Gasteiger partial charge in [-0.2, -0.15) is 0 Å². The van der Waals surface area contributed by atoms with Crippen molar-refractivity contribution < 1.29 is 9.59 Å². The molecule has 1 heterocycles. The molecule has 0 radical (unpaired) electrons. The van der Waals surface area contributed by atoms with E-state index in [1.54, 1.807) is 0 Å². The SMILES string of the molecule is O=C1C2CCCCC2N(Cc2cccc3ccccc23)C(=O)N1c1ccccc1. The van der Waals surface area contributed by atoms with Crippen LogP contribution in [0.25, 0.3) is 10.8 Å². The summed E-state index contributed by atoms with van der Waals surface area (Å²) in [4.78, 5) is 30.2. The van der Waals surface area contributed by atoms with Crippen LogP contribution in [0.3, 0.4) is 0 Å². The molecule has 2 unspecified atom stereocenters. The molecule has 2 atom stereocenters. The van der Waals surface area contributed by atoms with Gasteiger partial charge in [-0.15, -0.1) is 0 Å². The van der Waals surface area contributed by atoms with Crippen LogP contribution in [0.2, 0.25) is 0 Å². The normalized spacial score (nSPS) is 22.1. The van der Waals surface area contributed by atoms with Crippen LogP contribution in [0.5, 0.6) is 0 Å². The Morgan fingerprint density at radius 3 is 2.38 bits per heavy atom. The molecule has 0 spiro atoms. The van der Waals surface area contributed by atoms with E-state index in [1.165, 1.54) is 15.7 Å². The summed E-state index contributed by atoms with van der Waals surface area (Å²) >= 11 is 0. The van der Waals surface area contributed by atoms with Crippen LogP contribution in [0, 0.1) is 5.92 Å². The smallest absolute Gasteiger partial charge is 0.316 e. The molecule has 1 aliphatic carbocycles. The van der Waals surface area contributed by atoms with E-state index in [2.05, 4.69) is 24.3 Å². The molecular formula is C25H24N2O2. The van der Waals surface area contributed by atoms with Crippen molar-refractivity contribution in [2.45, 2.75) is 38.3 Å². The molecule has 3 aromatic rings. The van der Waals surface area contributed by atoms with E-state index in [9.17, 15) is 9.59 Å². The number of carbonyl (C=O) groups excluding carboxylic acids is 2. The molecule has 3 aromatic carbocycles. The van der Waals surface area contributed by atoms with Crippen LogP contribution in [-0.2, 0) is 11.3 Å². The maximum absolute atomic E-state index is 13.6. The first-order valence-electron chi connectivity index (χ1n) is 10.4. The molecule has 146 valence electrons. The van der Waals surface area contributed by atoms with Gasteiger partial charge in [-0.1, -0.05) is 73.5 Å². The highest BCUT2D eigenvalue weighted by Gasteiger charge is 2.47. The minimum atomic E-state index is -0.197. The fourth-order valence-electron chi connectivity index (χ4n) is 4.92. The molecule has 5 rings (SSSR count). The lowest BCUT2D eigenvalue weighted by Gasteiger charge is -2.47. The third kappa shape index (κ3) is 3.09. The number of nitrogens with zero attached hydrogens (tertiary/aromatic N) is 2. The lowest BCUT2D eigenvalue weighted by Crippen LogP contribution is -2.62. The van der Waals surface area contributed by atoms with Crippen molar-refractivity contribution in [3.63, 3.8) is 0 Å². The van der Waals surface area contributed by atoms with Crippen molar-refractivity contribution in [1.29, 1.82) is 0 Å². The minimum absolute atomic E-state index is 0.0114. The van der Waals surface area contributed by atoms with Crippen LogP contribution >= 0.6 is 0 Å². The van der Waals surface area contributed by atoms with Gasteiger partial charge >= 0.3 is 6.03 Å². The second-order valence-electron chi connectivity index (χ2n) is 8.02. The summed E-state index contributed by atoms with van der Waals surface area (Å²) in [7, 11) is 0. The van der Waals surface area contributed by atoms with Gasteiger partial charge in [0.2, 0.25) is 5.91 Å². The first-order valence-corrected chi connectivity index (χ1v) is 10.4. The molecular weight excluding hydrogens is 360 g/mol. The third-order valence-corrected chi connectivity index (χ3v) is 6.34. The number of carbonyl (C=O) groups is 2. The summed E-state index contributed by atoms with van der Waals surface area (Å²) in [6.07, 6.45) is 3.87. The Hall–Kier alpha value is -3.14. The highest BCUT2D eigenvalue weighted by molar-refractivity contribution is 6.17. The molecule has 4 nitrogen and oxygen atoms in total. The molecule has 2 fully saturated rings. The van der Waals surface area contributed by atoms with Crippen molar-refractivity contribution in [2.24, 2.45) is 5.92 Å². The molecule has 3 amide bonds. The van der Waals surface area contributed by atoms with E-state index < -0.39 is 0 Å². The van der Waals surface area contributed by atoms with Gasteiger partial charge in [0.1, 0.15) is 0 Å². The van der Waals surface area contributed by atoms with Crippen LogP contribution in [0.1, 0.15) is 31.2 Å². The van der Waals surface area contributed by atoms with Crippen LogP contribution < -0.4 is 4.90 Å². The number of para-hydroxylation sites is 1. The third-order valence-electron chi connectivity index (χ3n) is 6.34. The largest absolute Gasteiger partial charge is 0.331 e. The maximum Gasteiger partial charge on any atom is 0.331 e. The van der Waals surface area contributed by atoms with Crippen molar-refractivity contribution in [2.75, 3.05) is 4.90 Å². The maximum atomic E-state index is 13.6. The second kappa shape index (κ2) is 7.36. The molecule has 0 N–H and O–H groups in total. The lowest BCUT2D eigenvalue weighted by molar-refractivity contribution is -0.126. The van der Waals surface area contributed by atoms with Crippen LogP contribution in [0.15, 0.2) is 72.8 Å². The Bertz CT molecular complexity index is 1060. The molecule has 29 heavy (non-hydrogen) atoms. The predicted molar refractivity (Wildman–Crippen MR) is 115 cm³/mol. The van der Waals surface area contributed by atoms with Crippen molar-refractivity contribution in [3.8, 4) is 0 Å². The topological polar surface area (TPSA) is 40.6 Å². The minimum Gasteiger partial charge on any atom is -0.316 e. The molecule has 0 bridgehead atoms. The number of amides is 3. The zero-order valence-electron chi connectivity index (χ0n) is 16.3. The summed E-state index contributed by atoms with van der Waals surface area (Å²) < 4.78 is 0. The van der Waals surface area contributed by atoms with Crippen LogP contribution in [0.4, 0.5) is 10.5 Å². The van der Waals surface area contributed by atoms with Crippen molar-refractivity contribution in [1.82, 2.24) is 4.90 Å². The fourth-order valence-corrected chi connectivity index (χ4v) is 4.92. The van der Waals surface area contributed by atoms with Gasteiger partial charge in [0.15, 0.2) is 0 Å². The van der Waals surface area contributed by atoms with Crippen molar-refractivity contribution in [3.05, 3.63) is 78.4 Å². The van der Waals surface area contributed by atoms with Crippen LogP contribution in [-0.4, -0.2) is 22.9 Å². The number of imide groups is 1. The van der Waals surface area contributed by atoms with E-state index in [4.69, 9.17) is 0 Å². The molecule has 1 saturated carbocycles. The standard InChI is InChI=1S/C25H24N2O2/c28-24-22-15-6-7-16-23(22)26(25(29)27(24)20-12-2-1-3-13-20)17-19-11-8-10-18-9-4-5-14-21(18)19/h1-5,8-14,22-23H,6-7,15-17H2. The number of benzene rings is 3. The highest BCUT2D eigenvalue weighted by Crippen LogP contribution is 2.37. The molecule has 4 heteroatoms. The Morgan fingerprint density at radius 1 is 0.793 bits per heavy atom. The first-order chi connectivity index (χ1) is 14.2. The van der Waals surface area contributed by atoms with Gasteiger partial charge in [-0.3, -0.25) is 4.79 Å². The van der Waals surface area contributed by atoms with Crippen molar-refractivity contribution >= 4 is 28.4 Å². The predicted octanol–water partition coefficient (Wildman–Crippen LogP) is 5.37. The number of rotatable bonds is 3. The van der Waals surface area contributed by atoms with Gasteiger partial charge in [0.05, 0.1) is 11.6 Å². The zero-order valence-corrected chi connectivity index (χ0v) is 16.3. The second-order valence-corrected chi connectivity index (χ2v) is 8.02.